The fourth-order valence-electron chi connectivity index (χ4n) is 3.52. The van der Waals surface area contributed by atoms with Crippen LogP contribution in [0.2, 0.25) is 0 Å². The minimum atomic E-state index is -0.298. The number of aromatic nitrogens is 4. The van der Waals surface area contributed by atoms with Gasteiger partial charge in [-0.25, -0.2) is 4.98 Å². The van der Waals surface area contributed by atoms with Crippen LogP contribution in [-0.2, 0) is 6.42 Å². The van der Waals surface area contributed by atoms with Crippen LogP contribution < -0.4 is 5.56 Å². The van der Waals surface area contributed by atoms with E-state index in [0.717, 1.165) is 5.56 Å². The maximum absolute atomic E-state index is 13.0. The first kappa shape index (κ1) is 14.2. The molecule has 1 N–H and O–H groups in total. The minimum absolute atomic E-state index is 0.0390. The molecule has 1 atom stereocenters. The summed E-state index contributed by atoms with van der Waals surface area (Å²) in [6, 6.07) is 7.47. The summed E-state index contributed by atoms with van der Waals surface area (Å²) < 4.78 is 6.93. The van der Waals surface area contributed by atoms with Gasteiger partial charge in [0, 0.05) is 18.2 Å². The van der Waals surface area contributed by atoms with Crippen molar-refractivity contribution in [3.63, 3.8) is 0 Å². The van der Waals surface area contributed by atoms with E-state index < -0.39 is 0 Å². The lowest BCUT2D eigenvalue weighted by Crippen LogP contribution is -2.21. The molecule has 0 saturated heterocycles. The highest BCUT2D eigenvalue weighted by Gasteiger charge is 2.27. The molecule has 0 spiro atoms. The number of benzene rings is 1. The Balaban J connectivity index is 1.78. The Morgan fingerprint density at radius 2 is 2.08 bits per heavy atom. The first-order valence-electron chi connectivity index (χ1n) is 8.13. The molecule has 1 aromatic carbocycles. The van der Waals surface area contributed by atoms with Crippen molar-refractivity contribution >= 4 is 27.9 Å². The molecule has 3 heterocycles. The Morgan fingerprint density at radius 1 is 1.24 bits per heavy atom. The molecule has 0 unspecified atom stereocenters. The van der Waals surface area contributed by atoms with Crippen LogP contribution >= 0.6 is 0 Å². The van der Waals surface area contributed by atoms with Crippen molar-refractivity contribution in [2.24, 2.45) is 5.92 Å². The van der Waals surface area contributed by atoms with Gasteiger partial charge in [0.25, 0.3) is 5.56 Å². The highest BCUT2D eigenvalue weighted by molar-refractivity contribution is 6.02. The number of ketones is 1. The van der Waals surface area contributed by atoms with Gasteiger partial charge < -0.3 is 4.42 Å². The van der Waals surface area contributed by atoms with Gasteiger partial charge in [0.15, 0.2) is 17.0 Å². The summed E-state index contributed by atoms with van der Waals surface area (Å²) in [5.41, 5.74) is 2.72. The molecule has 124 valence electrons. The second kappa shape index (κ2) is 4.89. The van der Waals surface area contributed by atoms with Gasteiger partial charge in [-0.05, 0) is 30.0 Å². The molecular weight excluding hydrogens is 320 g/mol. The first-order valence-corrected chi connectivity index (χ1v) is 8.13. The van der Waals surface area contributed by atoms with Gasteiger partial charge >= 0.3 is 6.01 Å². The molecule has 0 radical (unpaired) electrons. The van der Waals surface area contributed by atoms with E-state index in [9.17, 15) is 9.59 Å². The zero-order valence-electron chi connectivity index (χ0n) is 13.4. The van der Waals surface area contributed by atoms with Gasteiger partial charge in [-0.2, -0.15) is 9.67 Å². The number of oxazole rings is 1. The summed E-state index contributed by atoms with van der Waals surface area (Å²) in [6.07, 6.45) is 2.73. The molecule has 0 fully saturated rings. The van der Waals surface area contributed by atoms with Crippen LogP contribution in [0, 0.1) is 5.92 Å². The largest absolute Gasteiger partial charge is 0.422 e. The molecule has 1 aliphatic carbocycles. The molecule has 25 heavy (non-hydrogen) atoms. The monoisotopic (exact) mass is 334 g/mol. The molecule has 7 nitrogen and oxygen atoms in total. The van der Waals surface area contributed by atoms with Crippen LogP contribution in [0.15, 0.2) is 39.7 Å². The summed E-state index contributed by atoms with van der Waals surface area (Å²) in [6.45, 7) is 2.01. The molecule has 0 amide bonds. The number of hydrogen-bond donors (Lipinski definition) is 1. The van der Waals surface area contributed by atoms with E-state index >= 15 is 0 Å². The van der Waals surface area contributed by atoms with Crippen LogP contribution in [-0.4, -0.2) is 25.5 Å². The van der Waals surface area contributed by atoms with Gasteiger partial charge in [0.1, 0.15) is 5.52 Å². The molecule has 7 heteroatoms. The van der Waals surface area contributed by atoms with Crippen molar-refractivity contribution in [2.45, 2.75) is 19.8 Å². The number of carbonyl (C=O) groups is 1. The molecular formula is C18H14N4O3. The van der Waals surface area contributed by atoms with Crippen molar-refractivity contribution in [3.8, 4) is 6.01 Å². The van der Waals surface area contributed by atoms with E-state index in [1.807, 2.05) is 25.1 Å². The predicted octanol–water partition coefficient (Wildman–Crippen LogP) is 2.62. The Labute approximate surface area is 141 Å². The number of nitrogens with zero attached hydrogens (tertiary/aromatic N) is 3. The Kier molecular flexibility index (Phi) is 2.77. The predicted molar refractivity (Wildman–Crippen MR) is 91.1 cm³/mol. The molecule has 4 aromatic rings. The fourth-order valence-corrected chi connectivity index (χ4v) is 3.52. The molecule has 1 aliphatic rings. The molecule has 0 aliphatic heterocycles. The van der Waals surface area contributed by atoms with Crippen molar-refractivity contribution in [1.82, 2.24) is 19.7 Å². The van der Waals surface area contributed by atoms with Crippen LogP contribution in [0.1, 0.15) is 29.3 Å². The number of hydrogen-bond acceptors (Lipinski definition) is 5. The SMILES string of the molecule is C[C@@H]1CC(=O)c2cnc3[nH]n(-c4nc5ccccc5o4)c(=O)c3c2C1. The zero-order valence-corrected chi connectivity index (χ0v) is 13.4. The van der Waals surface area contributed by atoms with E-state index in [4.69, 9.17) is 4.42 Å². The standard InChI is InChI=1S/C18H14N4O3/c1-9-6-10-11(13(23)7-9)8-19-16-15(10)17(24)22(21-16)18-20-12-4-2-3-5-14(12)25-18/h2-5,8-9H,6-7H2,1H3,(H,19,21)/t9-/m0/s1. The number of para-hydroxylation sites is 2. The fraction of sp³-hybridized carbons (Fsp3) is 0.222. The Hall–Kier alpha value is -3.22. The summed E-state index contributed by atoms with van der Waals surface area (Å²) in [5, 5.41) is 3.39. The van der Waals surface area contributed by atoms with E-state index in [1.165, 1.54) is 4.68 Å². The summed E-state index contributed by atoms with van der Waals surface area (Å²) in [5.74, 6) is 0.245. The zero-order chi connectivity index (χ0) is 17.1. The van der Waals surface area contributed by atoms with Crippen LogP contribution in [0.3, 0.4) is 0 Å². The Morgan fingerprint density at radius 3 is 2.92 bits per heavy atom. The smallest absolute Gasteiger partial charge is 0.325 e. The van der Waals surface area contributed by atoms with Crippen molar-refractivity contribution < 1.29 is 9.21 Å². The van der Waals surface area contributed by atoms with Gasteiger partial charge in [0.2, 0.25) is 0 Å². The van der Waals surface area contributed by atoms with Crippen LogP contribution in [0.25, 0.3) is 28.1 Å². The van der Waals surface area contributed by atoms with Gasteiger partial charge in [-0.3, -0.25) is 14.7 Å². The van der Waals surface area contributed by atoms with Crippen molar-refractivity contribution in [2.75, 3.05) is 0 Å². The number of H-pyrrole nitrogens is 1. The quantitative estimate of drug-likeness (QED) is 0.577. The average Bonchev–Trinajstić information content (AvgIpc) is 3.15. The lowest BCUT2D eigenvalue weighted by molar-refractivity contribution is 0.0953. The number of fused-ring (bicyclic) bond motifs is 4. The van der Waals surface area contributed by atoms with Crippen molar-refractivity contribution in [3.05, 3.63) is 51.9 Å². The van der Waals surface area contributed by atoms with Gasteiger partial charge in [-0.15, -0.1) is 0 Å². The van der Waals surface area contributed by atoms with Crippen LogP contribution in [0.5, 0.6) is 0 Å². The van der Waals surface area contributed by atoms with Crippen molar-refractivity contribution in [1.29, 1.82) is 0 Å². The first-order chi connectivity index (χ1) is 12.1. The second-order valence-electron chi connectivity index (χ2n) is 6.53. The van der Waals surface area contributed by atoms with E-state index in [1.54, 1.807) is 12.3 Å². The maximum Gasteiger partial charge on any atom is 0.325 e. The molecule has 0 saturated carbocycles. The topological polar surface area (TPSA) is 93.8 Å². The van der Waals surface area contributed by atoms with Crippen LogP contribution in [0.4, 0.5) is 0 Å². The molecule has 3 aromatic heterocycles. The third-order valence-electron chi connectivity index (χ3n) is 4.68. The van der Waals surface area contributed by atoms with E-state index in [2.05, 4.69) is 15.1 Å². The van der Waals surface area contributed by atoms with E-state index in [-0.39, 0.29) is 23.3 Å². The second-order valence-corrected chi connectivity index (χ2v) is 6.53. The Bertz CT molecular complexity index is 1180. The third-order valence-corrected chi connectivity index (χ3v) is 4.68. The molecule has 0 bridgehead atoms. The van der Waals surface area contributed by atoms with Gasteiger partial charge in [0.05, 0.1) is 5.39 Å². The van der Waals surface area contributed by atoms with E-state index in [0.29, 0.717) is 40.5 Å². The minimum Gasteiger partial charge on any atom is -0.422 e. The summed E-state index contributed by atoms with van der Waals surface area (Å²) >= 11 is 0. The highest BCUT2D eigenvalue weighted by Crippen LogP contribution is 2.29. The number of Topliss-reactive ketones (excluding diaryl/α,β-unsaturated/α-hetero) is 1. The summed E-state index contributed by atoms with van der Waals surface area (Å²) in [7, 11) is 0. The van der Waals surface area contributed by atoms with Gasteiger partial charge in [-0.1, -0.05) is 19.1 Å². The summed E-state index contributed by atoms with van der Waals surface area (Å²) in [4.78, 5) is 33.8. The number of aromatic amines is 1. The lowest BCUT2D eigenvalue weighted by atomic mass is 9.84. The normalized spacial score (nSPS) is 17.3. The third kappa shape index (κ3) is 1.98. The number of pyridine rings is 1. The highest BCUT2D eigenvalue weighted by atomic mass is 16.4. The molecule has 5 rings (SSSR count). The number of nitrogens with one attached hydrogen (secondary N) is 1. The number of rotatable bonds is 1. The average molecular weight is 334 g/mol. The maximum atomic E-state index is 13.0. The number of carbonyl (C=O) groups excluding carboxylic acids is 1. The lowest BCUT2D eigenvalue weighted by Gasteiger charge is -2.19.